The van der Waals surface area contributed by atoms with E-state index in [1.807, 2.05) is 42.6 Å². The lowest BCUT2D eigenvalue weighted by Crippen LogP contribution is -1.99. The van der Waals surface area contributed by atoms with Crippen molar-refractivity contribution in [1.29, 1.82) is 0 Å². The first kappa shape index (κ1) is 13.3. The number of carbonyl (C=O) groups is 1. The maximum absolute atomic E-state index is 11.1. The topological polar surface area (TPSA) is 58.0 Å². The zero-order valence-electron chi connectivity index (χ0n) is 11.0. The van der Waals surface area contributed by atoms with Gasteiger partial charge < -0.3 is 10.1 Å². The average molecular weight is 296 g/mol. The smallest absolute Gasteiger partial charge is 0.335 e. The molecule has 0 saturated heterocycles. The third-order valence-electron chi connectivity index (χ3n) is 3.17. The highest BCUT2D eigenvalue weighted by atomic mass is 32.1. The Bertz CT molecular complexity index is 850. The monoisotopic (exact) mass is 296 g/mol. The SMILES string of the molecule is O=C(O)c1cccc(-n2cc(-c3ccccc3)[nH]c2=S)c1. The van der Waals surface area contributed by atoms with E-state index in [2.05, 4.69) is 4.98 Å². The van der Waals surface area contributed by atoms with Crippen molar-refractivity contribution in [3.05, 3.63) is 71.1 Å². The van der Waals surface area contributed by atoms with E-state index in [1.165, 1.54) is 0 Å². The van der Waals surface area contributed by atoms with E-state index in [9.17, 15) is 4.79 Å². The maximum Gasteiger partial charge on any atom is 0.335 e. The van der Waals surface area contributed by atoms with Gasteiger partial charge in [-0.3, -0.25) is 4.57 Å². The third kappa shape index (κ3) is 2.64. The van der Waals surface area contributed by atoms with Crippen molar-refractivity contribution in [2.24, 2.45) is 0 Å². The van der Waals surface area contributed by atoms with Crippen LogP contribution in [0.1, 0.15) is 10.4 Å². The summed E-state index contributed by atoms with van der Waals surface area (Å²) in [4.78, 5) is 14.2. The van der Waals surface area contributed by atoms with Crippen LogP contribution < -0.4 is 0 Å². The summed E-state index contributed by atoms with van der Waals surface area (Å²) in [5.41, 5.74) is 2.87. The third-order valence-corrected chi connectivity index (χ3v) is 3.47. The Morgan fingerprint density at radius 3 is 2.57 bits per heavy atom. The maximum atomic E-state index is 11.1. The first-order valence-corrected chi connectivity index (χ1v) is 6.77. The number of nitrogens with zero attached hydrogens (tertiary/aromatic N) is 1. The zero-order valence-corrected chi connectivity index (χ0v) is 11.8. The molecule has 0 aliphatic heterocycles. The van der Waals surface area contributed by atoms with Gasteiger partial charge in [0.1, 0.15) is 0 Å². The van der Waals surface area contributed by atoms with Crippen LogP contribution in [0, 0.1) is 4.77 Å². The van der Waals surface area contributed by atoms with Gasteiger partial charge in [-0.05, 0) is 36.0 Å². The minimum Gasteiger partial charge on any atom is -0.478 e. The Labute approximate surface area is 126 Å². The highest BCUT2D eigenvalue weighted by Crippen LogP contribution is 2.20. The predicted octanol–water partition coefficient (Wildman–Crippen LogP) is 3.90. The number of aromatic carboxylic acids is 1. The van der Waals surface area contributed by atoms with E-state index < -0.39 is 5.97 Å². The molecule has 0 unspecified atom stereocenters. The minimum absolute atomic E-state index is 0.233. The fourth-order valence-corrected chi connectivity index (χ4v) is 2.41. The van der Waals surface area contributed by atoms with Crippen LogP contribution in [-0.2, 0) is 0 Å². The second-order valence-corrected chi connectivity index (χ2v) is 4.95. The van der Waals surface area contributed by atoms with Crippen molar-refractivity contribution >= 4 is 18.2 Å². The Hall–Kier alpha value is -2.66. The molecule has 4 nitrogen and oxygen atoms in total. The Balaban J connectivity index is 2.08. The lowest BCUT2D eigenvalue weighted by molar-refractivity contribution is 0.0697. The van der Waals surface area contributed by atoms with Gasteiger partial charge >= 0.3 is 5.97 Å². The van der Waals surface area contributed by atoms with Crippen LogP contribution in [0.15, 0.2) is 60.8 Å². The number of carboxylic acids is 1. The molecule has 0 aliphatic carbocycles. The molecular formula is C16H12N2O2S. The molecule has 2 N–H and O–H groups in total. The van der Waals surface area contributed by atoms with Gasteiger partial charge in [-0.15, -0.1) is 0 Å². The molecule has 104 valence electrons. The quantitative estimate of drug-likeness (QED) is 0.721. The van der Waals surface area contributed by atoms with Crippen LogP contribution in [0.5, 0.6) is 0 Å². The molecular weight excluding hydrogens is 284 g/mol. The fourth-order valence-electron chi connectivity index (χ4n) is 2.14. The van der Waals surface area contributed by atoms with Crippen molar-refractivity contribution in [3.63, 3.8) is 0 Å². The average Bonchev–Trinajstić information content (AvgIpc) is 2.90. The highest BCUT2D eigenvalue weighted by Gasteiger charge is 2.07. The van der Waals surface area contributed by atoms with Gasteiger partial charge in [0.25, 0.3) is 0 Å². The molecule has 0 radical (unpaired) electrons. The summed E-state index contributed by atoms with van der Waals surface area (Å²) >= 11 is 5.32. The van der Waals surface area contributed by atoms with Gasteiger partial charge in [0.2, 0.25) is 0 Å². The molecule has 1 heterocycles. The van der Waals surface area contributed by atoms with Crippen molar-refractivity contribution in [3.8, 4) is 16.9 Å². The van der Waals surface area contributed by atoms with E-state index in [-0.39, 0.29) is 5.56 Å². The van der Waals surface area contributed by atoms with Crippen molar-refractivity contribution in [2.75, 3.05) is 0 Å². The molecule has 2 aromatic carbocycles. The molecule has 0 atom stereocenters. The summed E-state index contributed by atoms with van der Waals surface area (Å²) < 4.78 is 2.29. The van der Waals surface area contributed by atoms with Gasteiger partial charge in [0, 0.05) is 11.9 Å². The van der Waals surface area contributed by atoms with Crippen molar-refractivity contribution < 1.29 is 9.90 Å². The van der Waals surface area contributed by atoms with E-state index in [1.54, 1.807) is 22.8 Å². The van der Waals surface area contributed by atoms with E-state index >= 15 is 0 Å². The Morgan fingerprint density at radius 1 is 1.10 bits per heavy atom. The van der Waals surface area contributed by atoms with E-state index in [0.29, 0.717) is 4.77 Å². The van der Waals surface area contributed by atoms with Crippen molar-refractivity contribution in [1.82, 2.24) is 9.55 Å². The van der Waals surface area contributed by atoms with Gasteiger partial charge in [-0.2, -0.15) is 0 Å². The summed E-state index contributed by atoms with van der Waals surface area (Å²) in [6.45, 7) is 0. The molecule has 3 aromatic rings. The fraction of sp³-hybridized carbons (Fsp3) is 0. The van der Waals surface area contributed by atoms with E-state index in [4.69, 9.17) is 17.3 Å². The summed E-state index contributed by atoms with van der Waals surface area (Å²) in [5, 5.41) is 9.07. The van der Waals surface area contributed by atoms with Crippen LogP contribution in [0.2, 0.25) is 0 Å². The second kappa shape index (κ2) is 5.38. The summed E-state index contributed by atoms with van der Waals surface area (Å²) in [6, 6.07) is 16.5. The Kier molecular flexibility index (Phi) is 3.41. The molecule has 21 heavy (non-hydrogen) atoms. The lowest BCUT2D eigenvalue weighted by atomic mass is 10.2. The lowest BCUT2D eigenvalue weighted by Gasteiger charge is -2.03. The number of carboxylic acid groups (broad SMARTS) is 1. The first-order chi connectivity index (χ1) is 10.1. The number of hydrogen-bond donors (Lipinski definition) is 2. The Morgan fingerprint density at radius 2 is 1.86 bits per heavy atom. The van der Waals surface area contributed by atoms with Gasteiger partial charge in [0.15, 0.2) is 4.77 Å². The second-order valence-electron chi connectivity index (χ2n) is 4.56. The van der Waals surface area contributed by atoms with Crippen LogP contribution in [-0.4, -0.2) is 20.6 Å². The number of aromatic amines is 1. The zero-order chi connectivity index (χ0) is 14.8. The highest BCUT2D eigenvalue weighted by molar-refractivity contribution is 7.71. The van der Waals surface area contributed by atoms with Gasteiger partial charge in [0.05, 0.1) is 11.3 Å². The summed E-state index contributed by atoms with van der Waals surface area (Å²) in [6.07, 6.45) is 1.87. The van der Waals surface area contributed by atoms with Crippen molar-refractivity contribution in [2.45, 2.75) is 0 Å². The molecule has 1 aromatic heterocycles. The summed E-state index contributed by atoms with van der Waals surface area (Å²) in [5.74, 6) is -0.956. The molecule has 0 bridgehead atoms. The molecule has 5 heteroatoms. The summed E-state index contributed by atoms with van der Waals surface area (Å²) in [7, 11) is 0. The number of aromatic nitrogens is 2. The molecule has 0 aliphatic rings. The number of benzene rings is 2. The van der Waals surface area contributed by atoms with Crippen LogP contribution in [0.4, 0.5) is 0 Å². The number of H-pyrrole nitrogens is 1. The predicted molar refractivity (Wildman–Crippen MR) is 83.3 cm³/mol. The van der Waals surface area contributed by atoms with Crippen LogP contribution in [0.3, 0.4) is 0 Å². The van der Waals surface area contributed by atoms with Crippen LogP contribution >= 0.6 is 12.2 Å². The minimum atomic E-state index is -0.956. The molecule has 0 spiro atoms. The largest absolute Gasteiger partial charge is 0.478 e. The first-order valence-electron chi connectivity index (χ1n) is 6.36. The molecule has 0 fully saturated rings. The number of rotatable bonds is 3. The normalized spacial score (nSPS) is 10.5. The molecule has 3 rings (SSSR count). The van der Waals surface area contributed by atoms with Crippen LogP contribution in [0.25, 0.3) is 16.9 Å². The van der Waals surface area contributed by atoms with E-state index in [0.717, 1.165) is 16.9 Å². The number of nitrogens with one attached hydrogen (secondary N) is 1. The molecule has 0 amide bonds. The van der Waals surface area contributed by atoms with Gasteiger partial charge in [-0.25, -0.2) is 4.79 Å². The van der Waals surface area contributed by atoms with Gasteiger partial charge in [-0.1, -0.05) is 36.4 Å². The molecule has 0 saturated carbocycles. The standard InChI is InChI=1S/C16H12N2O2S/c19-15(20)12-7-4-8-13(9-12)18-10-14(17-16(18)21)11-5-2-1-3-6-11/h1-10H,(H,17,21)(H,19,20). The number of hydrogen-bond acceptors (Lipinski definition) is 2. The number of imidazole rings is 1.